The van der Waals surface area contributed by atoms with Gasteiger partial charge in [0.15, 0.2) is 0 Å². The summed E-state index contributed by atoms with van der Waals surface area (Å²) in [5.41, 5.74) is 0.786. The first kappa shape index (κ1) is 19.9. The topological polar surface area (TPSA) is 75.7 Å². The molecule has 0 saturated carbocycles. The maximum absolute atomic E-state index is 13.0. The molecule has 28 heavy (non-hydrogen) atoms. The summed E-state index contributed by atoms with van der Waals surface area (Å²) in [4.78, 5) is 13.5. The lowest BCUT2D eigenvalue weighted by Gasteiger charge is -2.20. The Morgan fingerprint density at radius 1 is 1.11 bits per heavy atom. The van der Waals surface area contributed by atoms with E-state index in [0.29, 0.717) is 23.5 Å². The number of nitrogens with one attached hydrogen (secondary N) is 1. The second-order valence-corrected chi connectivity index (χ2v) is 8.96. The van der Waals surface area contributed by atoms with Crippen LogP contribution in [-0.4, -0.2) is 28.5 Å². The van der Waals surface area contributed by atoms with Crippen LogP contribution in [0.3, 0.4) is 0 Å². The molecule has 2 aromatic carbocycles. The van der Waals surface area contributed by atoms with Crippen molar-refractivity contribution in [3.05, 3.63) is 76.5 Å². The number of hydrogen-bond acceptors (Lipinski definition) is 5. The molecule has 0 aliphatic heterocycles. The van der Waals surface area contributed by atoms with E-state index in [1.54, 1.807) is 54.8 Å². The highest BCUT2D eigenvalue weighted by atomic mass is 32.2. The molecule has 1 N–H and O–H groups in total. The van der Waals surface area contributed by atoms with E-state index in [4.69, 9.17) is 4.74 Å². The Labute approximate surface area is 168 Å². The Balaban J connectivity index is 1.79. The van der Waals surface area contributed by atoms with Crippen molar-refractivity contribution in [1.82, 2.24) is 5.32 Å². The number of hydrogen-bond donors (Lipinski definition) is 1. The number of carbonyl (C=O) groups excluding carboxylic acids is 1. The standard InChI is InChI=1S/C20H20N2O4S2/c1-22(16-8-10-17(26-2)11-9-16)28(24,25)19-7-3-5-15(13-19)20(23)21-14-18-6-4-12-27-18/h3-13H,14H2,1-2H3,(H,21,23). The zero-order chi connectivity index (χ0) is 20.1. The molecular formula is C20H20N2O4S2. The molecule has 0 radical (unpaired) electrons. The van der Waals surface area contributed by atoms with Crippen LogP contribution in [0.2, 0.25) is 0 Å². The minimum absolute atomic E-state index is 0.0505. The Bertz CT molecular complexity index is 1050. The van der Waals surface area contributed by atoms with E-state index in [-0.39, 0.29) is 10.8 Å². The third-order valence-electron chi connectivity index (χ3n) is 4.19. The van der Waals surface area contributed by atoms with Gasteiger partial charge in [0.1, 0.15) is 5.75 Å². The van der Waals surface area contributed by atoms with Gasteiger partial charge in [-0.05, 0) is 53.9 Å². The highest BCUT2D eigenvalue weighted by Gasteiger charge is 2.22. The Morgan fingerprint density at radius 2 is 1.86 bits per heavy atom. The molecule has 1 amide bonds. The summed E-state index contributed by atoms with van der Waals surface area (Å²) in [6, 6.07) is 16.6. The molecule has 0 unspecified atom stereocenters. The van der Waals surface area contributed by atoms with Crippen LogP contribution in [0.25, 0.3) is 0 Å². The largest absolute Gasteiger partial charge is 0.497 e. The molecule has 8 heteroatoms. The lowest BCUT2D eigenvalue weighted by atomic mass is 10.2. The molecule has 0 aliphatic carbocycles. The van der Waals surface area contributed by atoms with Crippen LogP contribution >= 0.6 is 11.3 Å². The molecule has 0 fully saturated rings. The Kier molecular flexibility index (Phi) is 6.01. The summed E-state index contributed by atoms with van der Waals surface area (Å²) in [6.07, 6.45) is 0. The van der Waals surface area contributed by atoms with Crippen molar-refractivity contribution < 1.29 is 17.9 Å². The van der Waals surface area contributed by atoms with E-state index >= 15 is 0 Å². The highest BCUT2D eigenvalue weighted by molar-refractivity contribution is 7.92. The lowest BCUT2D eigenvalue weighted by Crippen LogP contribution is -2.27. The van der Waals surface area contributed by atoms with Crippen molar-refractivity contribution in [1.29, 1.82) is 0 Å². The van der Waals surface area contributed by atoms with Gasteiger partial charge < -0.3 is 10.1 Å². The van der Waals surface area contributed by atoms with Crippen LogP contribution in [-0.2, 0) is 16.6 Å². The highest BCUT2D eigenvalue weighted by Crippen LogP contribution is 2.24. The fraction of sp³-hybridized carbons (Fsp3) is 0.150. The summed E-state index contributed by atoms with van der Waals surface area (Å²) >= 11 is 1.55. The molecule has 146 valence electrons. The van der Waals surface area contributed by atoms with E-state index < -0.39 is 10.0 Å². The number of benzene rings is 2. The van der Waals surface area contributed by atoms with Crippen LogP contribution in [0.1, 0.15) is 15.2 Å². The first-order chi connectivity index (χ1) is 13.4. The number of nitrogens with zero attached hydrogens (tertiary/aromatic N) is 1. The SMILES string of the molecule is COc1ccc(N(C)S(=O)(=O)c2cccc(C(=O)NCc3cccs3)c2)cc1. The van der Waals surface area contributed by atoms with Gasteiger partial charge in [0, 0.05) is 17.5 Å². The van der Waals surface area contributed by atoms with Gasteiger partial charge in [0.05, 0.1) is 24.2 Å². The van der Waals surface area contributed by atoms with E-state index in [9.17, 15) is 13.2 Å². The van der Waals surface area contributed by atoms with Crippen molar-refractivity contribution in [2.45, 2.75) is 11.4 Å². The van der Waals surface area contributed by atoms with Gasteiger partial charge in [0.25, 0.3) is 15.9 Å². The van der Waals surface area contributed by atoms with E-state index in [1.165, 1.54) is 23.5 Å². The number of rotatable bonds is 7. The molecule has 1 aromatic heterocycles. The van der Waals surface area contributed by atoms with Gasteiger partial charge in [-0.15, -0.1) is 11.3 Å². The molecule has 3 rings (SSSR count). The van der Waals surface area contributed by atoms with Crippen molar-refractivity contribution in [2.24, 2.45) is 0 Å². The minimum Gasteiger partial charge on any atom is -0.497 e. The molecular weight excluding hydrogens is 396 g/mol. The van der Waals surface area contributed by atoms with Crippen LogP contribution < -0.4 is 14.4 Å². The average molecular weight is 417 g/mol. The van der Waals surface area contributed by atoms with E-state index in [2.05, 4.69) is 5.32 Å². The number of methoxy groups -OCH3 is 1. The number of anilines is 1. The number of sulfonamides is 1. The molecule has 3 aromatic rings. The number of amides is 1. The van der Waals surface area contributed by atoms with Crippen LogP contribution in [0, 0.1) is 0 Å². The zero-order valence-corrected chi connectivity index (χ0v) is 17.1. The predicted octanol–water partition coefficient (Wildman–Crippen LogP) is 3.51. The quantitative estimate of drug-likeness (QED) is 0.640. The van der Waals surface area contributed by atoms with Crippen molar-refractivity contribution in [2.75, 3.05) is 18.5 Å². The molecule has 1 heterocycles. The van der Waals surface area contributed by atoms with E-state index in [0.717, 1.165) is 4.88 Å². The fourth-order valence-corrected chi connectivity index (χ4v) is 4.46. The monoisotopic (exact) mass is 416 g/mol. The third-order valence-corrected chi connectivity index (χ3v) is 6.85. The summed E-state index contributed by atoms with van der Waals surface area (Å²) in [6.45, 7) is 0.402. The van der Waals surface area contributed by atoms with Crippen molar-refractivity contribution in [3.63, 3.8) is 0 Å². The third kappa shape index (κ3) is 4.35. The normalized spacial score (nSPS) is 11.1. The van der Waals surface area contributed by atoms with Gasteiger partial charge in [-0.1, -0.05) is 12.1 Å². The van der Waals surface area contributed by atoms with Gasteiger partial charge in [-0.2, -0.15) is 0 Å². The Hall–Kier alpha value is -2.84. The summed E-state index contributed by atoms with van der Waals surface area (Å²) in [5.74, 6) is 0.316. The number of ether oxygens (including phenoxy) is 1. The van der Waals surface area contributed by atoms with Gasteiger partial charge >= 0.3 is 0 Å². The second-order valence-electron chi connectivity index (χ2n) is 5.96. The van der Waals surface area contributed by atoms with Crippen molar-refractivity contribution >= 4 is 33.0 Å². The first-order valence-electron chi connectivity index (χ1n) is 8.45. The van der Waals surface area contributed by atoms with Gasteiger partial charge in [0.2, 0.25) is 0 Å². The van der Waals surface area contributed by atoms with Crippen LogP contribution in [0.15, 0.2) is 70.9 Å². The van der Waals surface area contributed by atoms with Crippen LogP contribution in [0.5, 0.6) is 5.75 Å². The van der Waals surface area contributed by atoms with Gasteiger partial charge in [-0.25, -0.2) is 8.42 Å². The summed E-state index contributed by atoms with van der Waals surface area (Å²) in [7, 11) is -0.792. The van der Waals surface area contributed by atoms with Crippen molar-refractivity contribution in [3.8, 4) is 5.75 Å². The lowest BCUT2D eigenvalue weighted by molar-refractivity contribution is 0.0951. The first-order valence-corrected chi connectivity index (χ1v) is 10.8. The zero-order valence-electron chi connectivity index (χ0n) is 15.5. The minimum atomic E-state index is -3.81. The molecule has 6 nitrogen and oxygen atoms in total. The maximum atomic E-state index is 13.0. The van der Waals surface area contributed by atoms with Crippen LogP contribution in [0.4, 0.5) is 5.69 Å². The van der Waals surface area contributed by atoms with Gasteiger partial charge in [-0.3, -0.25) is 9.10 Å². The predicted molar refractivity (Wildman–Crippen MR) is 111 cm³/mol. The average Bonchev–Trinajstić information content (AvgIpc) is 3.25. The molecule has 0 bridgehead atoms. The maximum Gasteiger partial charge on any atom is 0.264 e. The molecule has 0 saturated heterocycles. The number of carbonyl (C=O) groups is 1. The van der Waals surface area contributed by atoms with E-state index in [1.807, 2.05) is 17.5 Å². The second kappa shape index (κ2) is 8.45. The Morgan fingerprint density at radius 3 is 2.50 bits per heavy atom. The fourth-order valence-electron chi connectivity index (χ4n) is 2.57. The number of thiophene rings is 1. The molecule has 0 spiro atoms. The molecule has 0 aliphatic rings. The smallest absolute Gasteiger partial charge is 0.264 e. The molecule has 0 atom stereocenters. The summed E-state index contributed by atoms with van der Waals surface area (Å²) in [5, 5.41) is 4.74. The summed E-state index contributed by atoms with van der Waals surface area (Å²) < 4.78 is 32.2.